The van der Waals surface area contributed by atoms with Crippen LogP contribution >= 0.6 is 0 Å². The van der Waals surface area contributed by atoms with Crippen LogP contribution < -0.4 is 0 Å². The molecule has 2 saturated heterocycles. The largest absolute Gasteiger partial charge is 0.458 e. The predicted molar refractivity (Wildman–Crippen MR) is 103 cm³/mol. The van der Waals surface area contributed by atoms with E-state index in [9.17, 15) is 35.4 Å². The summed E-state index contributed by atoms with van der Waals surface area (Å²) in [6, 6.07) is 0. The minimum absolute atomic E-state index is 0.00500. The minimum atomic E-state index is -1.59. The van der Waals surface area contributed by atoms with Gasteiger partial charge in [-0.15, -0.1) is 0 Å². The lowest BCUT2D eigenvalue weighted by Gasteiger charge is -2.40. The summed E-state index contributed by atoms with van der Waals surface area (Å²) in [4.78, 5) is 12.1. The maximum absolute atomic E-state index is 12.1. The third kappa shape index (κ3) is 3.55. The number of esters is 1. The SMILES string of the molecule is C=C1C(=O)O[C@H]2[C@@H]1[C@H](O)C[C@@](C)(O)[C@@H]1C[C@H](O[C@@H]3O[C@H](CO)[C@@H](O)[C@H](O)[C@H]3O)C(=C)[C@H]21. The molecule has 0 bridgehead atoms. The summed E-state index contributed by atoms with van der Waals surface area (Å²) in [6.45, 7) is 8.85. The van der Waals surface area contributed by atoms with Crippen LogP contribution in [0, 0.1) is 17.8 Å². The van der Waals surface area contributed by atoms with Gasteiger partial charge in [-0.25, -0.2) is 4.79 Å². The number of carbonyl (C=O) groups is 1. The first-order valence-electron chi connectivity index (χ1n) is 10.4. The van der Waals surface area contributed by atoms with E-state index >= 15 is 0 Å². The van der Waals surface area contributed by atoms with Gasteiger partial charge in [-0.2, -0.15) is 0 Å². The Balaban J connectivity index is 1.59. The molecular weight excluding hydrogens is 412 g/mol. The molecule has 4 rings (SSSR count). The third-order valence-corrected chi connectivity index (χ3v) is 7.34. The van der Waals surface area contributed by atoms with E-state index in [-0.39, 0.29) is 18.4 Å². The first kappa shape index (κ1) is 22.8. The van der Waals surface area contributed by atoms with Crippen LogP contribution in [0.4, 0.5) is 0 Å². The molecule has 0 spiro atoms. The Morgan fingerprint density at radius 2 is 1.81 bits per heavy atom. The van der Waals surface area contributed by atoms with E-state index in [2.05, 4.69) is 13.2 Å². The van der Waals surface area contributed by atoms with Gasteiger partial charge in [-0.3, -0.25) is 0 Å². The second kappa shape index (κ2) is 7.89. The highest BCUT2D eigenvalue weighted by atomic mass is 16.7. The van der Waals surface area contributed by atoms with Gasteiger partial charge in [0.1, 0.15) is 30.5 Å². The molecule has 12 atom stereocenters. The average molecular weight is 442 g/mol. The Kier molecular flexibility index (Phi) is 5.81. The lowest BCUT2D eigenvalue weighted by Crippen LogP contribution is -2.59. The van der Waals surface area contributed by atoms with Gasteiger partial charge in [0.15, 0.2) is 6.29 Å². The van der Waals surface area contributed by atoms with Gasteiger partial charge in [0.25, 0.3) is 0 Å². The van der Waals surface area contributed by atoms with Crippen LogP contribution in [-0.2, 0) is 19.0 Å². The van der Waals surface area contributed by atoms with E-state index in [4.69, 9.17) is 14.2 Å². The monoisotopic (exact) mass is 442 g/mol. The fourth-order valence-corrected chi connectivity index (χ4v) is 5.62. The fraction of sp³-hybridized carbons (Fsp3) is 0.762. The molecule has 0 aromatic carbocycles. The van der Waals surface area contributed by atoms with Crippen molar-refractivity contribution in [2.75, 3.05) is 6.61 Å². The number of fused-ring (bicyclic) bond motifs is 3. The van der Waals surface area contributed by atoms with Crippen molar-refractivity contribution >= 4 is 5.97 Å². The number of aliphatic hydroxyl groups excluding tert-OH is 5. The fourth-order valence-electron chi connectivity index (χ4n) is 5.62. The van der Waals surface area contributed by atoms with E-state index in [1.165, 1.54) is 0 Å². The summed E-state index contributed by atoms with van der Waals surface area (Å²) >= 11 is 0. The molecule has 2 saturated carbocycles. The van der Waals surface area contributed by atoms with Gasteiger partial charge in [0, 0.05) is 23.8 Å². The molecule has 2 heterocycles. The highest BCUT2D eigenvalue weighted by Crippen LogP contribution is 2.54. The maximum atomic E-state index is 12.1. The van der Waals surface area contributed by atoms with Gasteiger partial charge >= 0.3 is 5.97 Å². The van der Waals surface area contributed by atoms with Crippen molar-refractivity contribution in [1.82, 2.24) is 0 Å². The van der Waals surface area contributed by atoms with Crippen LogP contribution in [-0.4, -0.2) is 97.8 Å². The van der Waals surface area contributed by atoms with E-state index in [1.54, 1.807) is 6.92 Å². The van der Waals surface area contributed by atoms with Crippen LogP contribution in [0.1, 0.15) is 19.8 Å². The van der Waals surface area contributed by atoms with Gasteiger partial charge in [-0.05, 0) is 18.9 Å². The number of ether oxygens (including phenoxy) is 3. The van der Waals surface area contributed by atoms with E-state index < -0.39 is 84.9 Å². The van der Waals surface area contributed by atoms with Crippen molar-refractivity contribution in [1.29, 1.82) is 0 Å². The Bertz CT molecular complexity index is 763. The summed E-state index contributed by atoms with van der Waals surface area (Å²) in [5.74, 6) is -2.29. The number of carbonyl (C=O) groups excluding carboxylic acids is 1. The molecule has 174 valence electrons. The molecule has 0 unspecified atom stereocenters. The molecule has 2 aliphatic carbocycles. The normalized spacial score (nSPS) is 52.5. The third-order valence-electron chi connectivity index (χ3n) is 7.34. The lowest BCUT2D eigenvalue weighted by molar-refractivity contribution is -0.308. The van der Waals surface area contributed by atoms with Crippen LogP contribution in [0.5, 0.6) is 0 Å². The average Bonchev–Trinajstić information content (AvgIpc) is 3.16. The Hall–Kier alpha value is -1.37. The van der Waals surface area contributed by atoms with Gasteiger partial charge in [0.2, 0.25) is 0 Å². The van der Waals surface area contributed by atoms with E-state index in [1.807, 2.05) is 0 Å². The van der Waals surface area contributed by atoms with Crippen LogP contribution in [0.3, 0.4) is 0 Å². The second-order valence-corrected chi connectivity index (χ2v) is 9.31. The molecule has 4 aliphatic rings. The zero-order valence-corrected chi connectivity index (χ0v) is 17.2. The molecule has 10 heteroatoms. The first-order valence-corrected chi connectivity index (χ1v) is 10.4. The summed E-state index contributed by atoms with van der Waals surface area (Å²) in [5.41, 5.74) is -0.675. The molecule has 4 fully saturated rings. The molecular formula is C21H30O10. The first-order chi connectivity index (χ1) is 14.5. The molecule has 0 amide bonds. The molecule has 0 aromatic heterocycles. The van der Waals surface area contributed by atoms with E-state index in [0.29, 0.717) is 5.57 Å². The van der Waals surface area contributed by atoms with Crippen molar-refractivity contribution in [2.24, 2.45) is 17.8 Å². The highest BCUT2D eigenvalue weighted by molar-refractivity contribution is 5.91. The number of aliphatic hydroxyl groups is 6. The van der Waals surface area contributed by atoms with Gasteiger partial charge in [0.05, 0.1) is 30.3 Å². The van der Waals surface area contributed by atoms with Gasteiger partial charge in [-0.1, -0.05) is 13.2 Å². The van der Waals surface area contributed by atoms with Crippen LogP contribution in [0.15, 0.2) is 24.3 Å². The standard InChI is InChI=1S/C21H30O10/c1-7-11(29-20-17(26)16(25)15(24)12(6-22)30-20)4-9-13(7)18-14(8(2)19(27)31-18)10(23)5-21(9,3)28/h9-18,20,22-26,28H,1-2,4-6H2,3H3/t9-,10-,11+,12-,13+,14+,15-,16+,17-,18-,20-,21-/m1/s1. The molecule has 2 aliphatic heterocycles. The summed E-state index contributed by atoms with van der Waals surface area (Å²) in [6.07, 6.45) is -9.40. The summed E-state index contributed by atoms with van der Waals surface area (Å²) in [5, 5.41) is 61.4. The van der Waals surface area contributed by atoms with Gasteiger partial charge < -0.3 is 44.8 Å². The molecule has 0 aromatic rings. The van der Waals surface area contributed by atoms with E-state index in [0.717, 1.165) is 0 Å². The van der Waals surface area contributed by atoms with Crippen molar-refractivity contribution < 1.29 is 49.6 Å². The van der Waals surface area contributed by atoms with Crippen molar-refractivity contribution in [3.63, 3.8) is 0 Å². The lowest BCUT2D eigenvalue weighted by atomic mass is 9.78. The zero-order chi connectivity index (χ0) is 22.8. The quantitative estimate of drug-likeness (QED) is 0.163. The van der Waals surface area contributed by atoms with Crippen LogP contribution in [0.2, 0.25) is 0 Å². The van der Waals surface area contributed by atoms with Crippen molar-refractivity contribution in [3.05, 3.63) is 24.3 Å². The molecule has 31 heavy (non-hydrogen) atoms. The smallest absolute Gasteiger partial charge is 0.334 e. The Morgan fingerprint density at radius 3 is 2.45 bits per heavy atom. The highest BCUT2D eigenvalue weighted by Gasteiger charge is 2.61. The van der Waals surface area contributed by atoms with Crippen LogP contribution in [0.25, 0.3) is 0 Å². The van der Waals surface area contributed by atoms with Crippen molar-refractivity contribution in [3.8, 4) is 0 Å². The zero-order valence-electron chi connectivity index (χ0n) is 17.2. The van der Waals surface area contributed by atoms with Crippen molar-refractivity contribution in [2.45, 2.75) is 74.4 Å². The molecule has 10 nitrogen and oxygen atoms in total. The number of rotatable bonds is 3. The summed E-state index contributed by atoms with van der Waals surface area (Å²) in [7, 11) is 0. The summed E-state index contributed by atoms with van der Waals surface area (Å²) < 4.78 is 16.8. The Labute approximate surface area is 179 Å². The Morgan fingerprint density at radius 1 is 1.13 bits per heavy atom. The second-order valence-electron chi connectivity index (χ2n) is 9.31. The number of hydrogen-bond acceptors (Lipinski definition) is 10. The molecule has 0 radical (unpaired) electrons. The topological polar surface area (TPSA) is 166 Å². The number of hydrogen-bond donors (Lipinski definition) is 6. The minimum Gasteiger partial charge on any atom is -0.458 e. The predicted octanol–water partition coefficient (Wildman–Crippen LogP) is -2.02. The maximum Gasteiger partial charge on any atom is 0.334 e. The molecule has 6 N–H and O–H groups in total.